The molecule has 3 heteroatoms. The van der Waals surface area contributed by atoms with Gasteiger partial charge in [-0.2, -0.15) is 0 Å². The summed E-state index contributed by atoms with van der Waals surface area (Å²) in [6.07, 6.45) is 1.81. The van der Waals surface area contributed by atoms with Gasteiger partial charge in [-0.3, -0.25) is 0 Å². The van der Waals surface area contributed by atoms with Crippen molar-refractivity contribution < 1.29 is 4.39 Å². The van der Waals surface area contributed by atoms with Crippen molar-refractivity contribution in [3.63, 3.8) is 0 Å². The molecular formula is C11H11FN2. The van der Waals surface area contributed by atoms with Crippen LogP contribution in [-0.2, 0) is 7.05 Å². The SMILES string of the molecule is Cn1cc(-c2ccccc2F)cc1N. The number of aryl methyl sites for hydroxylation is 1. The Kier molecular flexibility index (Phi) is 2.00. The molecule has 0 aliphatic carbocycles. The highest BCUT2D eigenvalue weighted by molar-refractivity contribution is 5.67. The van der Waals surface area contributed by atoms with Crippen LogP contribution in [0.2, 0.25) is 0 Å². The number of nitrogen functional groups attached to an aromatic ring is 1. The van der Waals surface area contributed by atoms with E-state index in [1.807, 2.05) is 19.3 Å². The molecule has 2 N–H and O–H groups in total. The zero-order chi connectivity index (χ0) is 10.1. The number of aromatic nitrogens is 1. The number of hydrogen-bond acceptors (Lipinski definition) is 1. The predicted octanol–water partition coefficient (Wildman–Crippen LogP) is 2.41. The number of nitrogens with two attached hydrogens (primary N) is 1. The molecule has 0 unspecified atom stereocenters. The molecule has 72 valence electrons. The van der Waals surface area contributed by atoms with E-state index in [1.54, 1.807) is 22.8 Å². The van der Waals surface area contributed by atoms with Crippen LogP contribution in [0.25, 0.3) is 11.1 Å². The predicted molar refractivity (Wildman–Crippen MR) is 55.2 cm³/mol. The number of nitrogens with zero attached hydrogens (tertiary/aromatic N) is 1. The molecule has 0 aliphatic rings. The first-order valence-corrected chi connectivity index (χ1v) is 4.35. The molecule has 14 heavy (non-hydrogen) atoms. The van der Waals surface area contributed by atoms with E-state index in [2.05, 4.69) is 0 Å². The van der Waals surface area contributed by atoms with Crippen LogP contribution in [0.15, 0.2) is 36.5 Å². The Morgan fingerprint density at radius 1 is 1.29 bits per heavy atom. The average Bonchev–Trinajstić information content (AvgIpc) is 2.48. The van der Waals surface area contributed by atoms with Crippen molar-refractivity contribution in [2.45, 2.75) is 0 Å². The van der Waals surface area contributed by atoms with Crippen molar-refractivity contribution in [3.05, 3.63) is 42.3 Å². The Balaban J connectivity index is 2.55. The molecule has 0 aliphatic heterocycles. The summed E-state index contributed by atoms with van der Waals surface area (Å²) in [6, 6.07) is 8.42. The Hall–Kier alpha value is -1.77. The van der Waals surface area contributed by atoms with Gasteiger partial charge in [-0.05, 0) is 12.1 Å². The topological polar surface area (TPSA) is 30.9 Å². The van der Waals surface area contributed by atoms with Crippen molar-refractivity contribution >= 4 is 5.82 Å². The monoisotopic (exact) mass is 190 g/mol. The highest BCUT2D eigenvalue weighted by Crippen LogP contribution is 2.24. The van der Waals surface area contributed by atoms with E-state index >= 15 is 0 Å². The summed E-state index contributed by atoms with van der Waals surface area (Å²) < 4.78 is 15.1. The van der Waals surface area contributed by atoms with Crippen molar-refractivity contribution in [2.75, 3.05) is 5.73 Å². The van der Waals surface area contributed by atoms with E-state index in [1.165, 1.54) is 6.07 Å². The normalized spacial score (nSPS) is 10.4. The van der Waals surface area contributed by atoms with Crippen LogP contribution in [0.3, 0.4) is 0 Å². The summed E-state index contributed by atoms with van der Waals surface area (Å²) >= 11 is 0. The Labute approximate surface area is 81.8 Å². The molecule has 0 spiro atoms. The van der Waals surface area contributed by atoms with Crippen LogP contribution >= 0.6 is 0 Å². The van der Waals surface area contributed by atoms with Gasteiger partial charge in [0.15, 0.2) is 0 Å². The van der Waals surface area contributed by atoms with E-state index in [0.29, 0.717) is 11.4 Å². The molecular weight excluding hydrogens is 179 g/mol. The number of benzene rings is 1. The van der Waals surface area contributed by atoms with Crippen molar-refractivity contribution in [2.24, 2.45) is 7.05 Å². The van der Waals surface area contributed by atoms with Crippen LogP contribution in [-0.4, -0.2) is 4.57 Å². The first-order valence-electron chi connectivity index (χ1n) is 4.35. The highest BCUT2D eigenvalue weighted by atomic mass is 19.1. The molecule has 1 aromatic carbocycles. The smallest absolute Gasteiger partial charge is 0.131 e. The molecule has 0 radical (unpaired) electrons. The minimum absolute atomic E-state index is 0.224. The van der Waals surface area contributed by atoms with Gasteiger partial charge >= 0.3 is 0 Å². The van der Waals surface area contributed by atoms with Crippen LogP contribution in [0, 0.1) is 5.82 Å². The third-order valence-corrected chi connectivity index (χ3v) is 2.23. The van der Waals surface area contributed by atoms with E-state index in [0.717, 1.165) is 5.56 Å². The standard InChI is InChI=1S/C11H11FN2/c1-14-7-8(6-11(14)13)9-4-2-3-5-10(9)12/h2-7H,13H2,1H3. The first kappa shape index (κ1) is 8.81. The molecule has 1 aromatic heterocycles. The summed E-state index contributed by atoms with van der Waals surface area (Å²) in [4.78, 5) is 0. The minimum Gasteiger partial charge on any atom is -0.385 e. The maximum absolute atomic E-state index is 13.4. The van der Waals surface area contributed by atoms with Crippen molar-refractivity contribution in [1.29, 1.82) is 0 Å². The molecule has 0 fully saturated rings. The van der Waals surface area contributed by atoms with Crippen LogP contribution in [0.4, 0.5) is 10.2 Å². The van der Waals surface area contributed by atoms with Gasteiger partial charge in [0, 0.05) is 24.4 Å². The molecule has 0 amide bonds. The number of halogens is 1. The lowest BCUT2D eigenvalue weighted by Gasteiger charge is -1.98. The zero-order valence-electron chi connectivity index (χ0n) is 7.87. The molecule has 0 saturated heterocycles. The number of hydrogen-bond donors (Lipinski definition) is 1. The Morgan fingerprint density at radius 2 is 2.00 bits per heavy atom. The summed E-state index contributed by atoms with van der Waals surface area (Å²) in [5.74, 6) is 0.404. The van der Waals surface area contributed by atoms with Gasteiger partial charge in [-0.15, -0.1) is 0 Å². The zero-order valence-corrected chi connectivity index (χ0v) is 7.87. The number of anilines is 1. The maximum Gasteiger partial charge on any atom is 0.131 e. The van der Waals surface area contributed by atoms with E-state index in [4.69, 9.17) is 5.73 Å². The van der Waals surface area contributed by atoms with Gasteiger partial charge in [0.2, 0.25) is 0 Å². The van der Waals surface area contributed by atoms with Crippen molar-refractivity contribution in [1.82, 2.24) is 4.57 Å². The van der Waals surface area contributed by atoms with Crippen LogP contribution in [0.5, 0.6) is 0 Å². The third-order valence-electron chi connectivity index (χ3n) is 2.23. The maximum atomic E-state index is 13.4. The molecule has 0 bridgehead atoms. The van der Waals surface area contributed by atoms with Crippen molar-refractivity contribution in [3.8, 4) is 11.1 Å². The summed E-state index contributed by atoms with van der Waals surface area (Å²) in [6.45, 7) is 0. The molecule has 1 heterocycles. The van der Waals surface area contributed by atoms with E-state index < -0.39 is 0 Å². The van der Waals surface area contributed by atoms with Gasteiger partial charge in [0.25, 0.3) is 0 Å². The second kappa shape index (κ2) is 3.18. The molecule has 2 rings (SSSR count). The van der Waals surface area contributed by atoms with Crippen LogP contribution < -0.4 is 5.73 Å². The lowest BCUT2D eigenvalue weighted by atomic mass is 10.1. The fourth-order valence-electron chi connectivity index (χ4n) is 1.42. The highest BCUT2D eigenvalue weighted by Gasteiger charge is 2.06. The first-order chi connectivity index (χ1) is 6.68. The average molecular weight is 190 g/mol. The third kappa shape index (κ3) is 1.37. The van der Waals surface area contributed by atoms with Gasteiger partial charge in [-0.25, -0.2) is 4.39 Å². The summed E-state index contributed by atoms with van der Waals surface area (Å²) in [5, 5.41) is 0. The Morgan fingerprint density at radius 3 is 2.57 bits per heavy atom. The Bertz CT molecular complexity index is 441. The van der Waals surface area contributed by atoms with Gasteiger partial charge in [-0.1, -0.05) is 18.2 Å². The molecule has 2 aromatic rings. The van der Waals surface area contributed by atoms with Gasteiger partial charge < -0.3 is 10.3 Å². The van der Waals surface area contributed by atoms with Gasteiger partial charge in [0.05, 0.1) is 0 Å². The fraction of sp³-hybridized carbons (Fsp3) is 0.0909. The lowest BCUT2D eigenvalue weighted by Crippen LogP contribution is -1.92. The fourth-order valence-corrected chi connectivity index (χ4v) is 1.42. The van der Waals surface area contributed by atoms with E-state index in [9.17, 15) is 4.39 Å². The van der Waals surface area contributed by atoms with Gasteiger partial charge in [0.1, 0.15) is 11.6 Å². The summed E-state index contributed by atoms with van der Waals surface area (Å²) in [5.41, 5.74) is 7.06. The second-order valence-electron chi connectivity index (χ2n) is 3.24. The number of rotatable bonds is 1. The molecule has 0 atom stereocenters. The second-order valence-corrected chi connectivity index (χ2v) is 3.24. The summed E-state index contributed by atoms with van der Waals surface area (Å²) in [7, 11) is 1.83. The lowest BCUT2D eigenvalue weighted by molar-refractivity contribution is 0.631. The quantitative estimate of drug-likeness (QED) is 0.735. The minimum atomic E-state index is -0.224. The molecule has 2 nitrogen and oxygen atoms in total. The van der Waals surface area contributed by atoms with E-state index in [-0.39, 0.29) is 5.82 Å². The largest absolute Gasteiger partial charge is 0.385 e. The van der Waals surface area contributed by atoms with Crippen LogP contribution in [0.1, 0.15) is 0 Å². The molecule has 0 saturated carbocycles.